The lowest BCUT2D eigenvalue weighted by Gasteiger charge is -2.12. The van der Waals surface area contributed by atoms with Gasteiger partial charge in [-0.05, 0) is 59.3 Å². The highest BCUT2D eigenvalue weighted by molar-refractivity contribution is 6.24. The molecular formula is C27H16F2N2. The summed E-state index contributed by atoms with van der Waals surface area (Å²) >= 11 is 0. The van der Waals surface area contributed by atoms with Crippen LogP contribution in [0.25, 0.3) is 49.7 Å². The maximum Gasteiger partial charge on any atom is 0.145 e. The van der Waals surface area contributed by atoms with Crippen LogP contribution in [0.4, 0.5) is 8.78 Å². The predicted molar refractivity (Wildman–Crippen MR) is 121 cm³/mol. The van der Waals surface area contributed by atoms with Crippen molar-refractivity contribution >= 4 is 32.6 Å². The van der Waals surface area contributed by atoms with Gasteiger partial charge in [-0.3, -0.25) is 4.57 Å². The van der Waals surface area contributed by atoms with Gasteiger partial charge in [-0.25, -0.2) is 13.8 Å². The molecule has 4 heteroatoms. The summed E-state index contributed by atoms with van der Waals surface area (Å²) in [5, 5.41) is 4.35. The number of hydrogen-bond acceptors (Lipinski definition) is 1. The van der Waals surface area contributed by atoms with Crippen molar-refractivity contribution in [2.75, 3.05) is 0 Å². The van der Waals surface area contributed by atoms with Crippen LogP contribution in [0.3, 0.4) is 0 Å². The number of aromatic nitrogens is 2. The fourth-order valence-corrected chi connectivity index (χ4v) is 4.34. The molecule has 0 aliphatic carbocycles. The first-order valence-corrected chi connectivity index (χ1v) is 10.0. The highest BCUT2D eigenvalue weighted by Gasteiger charge is 2.19. The minimum Gasteiger partial charge on any atom is -0.292 e. The lowest BCUT2D eigenvalue weighted by atomic mass is 10.00. The average molecular weight is 406 g/mol. The molecule has 0 atom stereocenters. The Morgan fingerprint density at radius 3 is 1.71 bits per heavy atom. The van der Waals surface area contributed by atoms with Crippen LogP contribution < -0.4 is 0 Å². The quantitative estimate of drug-likeness (QED) is 0.276. The number of benzene rings is 5. The van der Waals surface area contributed by atoms with Crippen LogP contribution in [-0.2, 0) is 0 Å². The van der Waals surface area contributed by atoms with Gasteiger partial charge in [0.25, 0.3) is 0 Å². The zero-order valence-electron chi connectivity index (χ0n) is 16.4. The summed E-state index contributed by atoms with van der Waals surface area (Å²) < 4.78 is 29.4. The standard InChI is InChI=1S/C27H16F2N2/c28-18-11-9-17(10-12-18)27-30-25-23-7-3-1-5-21(23)22-6-2-4-8-24(22)26(25)31(27)20-15-13-19(29)14-16-20/h1-16H. The van der Waals surface area contributed by atoms with Crippen LogP contribution in [0.15, 0.2) is 97.1 Å². The fraction of sp³-hybridized carbons (Fsp3) is 0. The number of rotatable bonds is 2. The van der Waals surface area contributed by atoms with Crippen molar-refractivity contribution in [2.24, 2.45) is 0 Å². The molecule has 6 rings (SSSR count). The lowest BCUT2D eigenvalue weighted by Crippen LogP contribution is -1.98. The van der Waals surface area contributed by atoms with Crippen LogP contribution in [0, 0.1) is 11.6 Å². The van der Waals surface area contributed by atoms with E-state index in [-0.39, 0.29) is 11.6 Å². The van der Waals surface area contributed by atoms with Gasteiger partial charge in [-0.1, -0.05) is 48.5 Å². The number of halogens is 2. The molecule has 0 bridgehead atoms. The number of nitrogens with zero attached hydrogens (tertiary/aromatic N) is 2. The van der Waals surface area contributed by atoms with E-state index in [2.05, 4.69) is 24.3 Å². The summed E-state index contributed by atoms with van der Waals surface area (Å²) in [4.78, 5) is 5.04. The molecule has 0 amide bonds. The Labute approximate surface area is 177 Å². The van der Waals surface area contributed by atoms with E-state index in [1.54, 1.807) is 24.3 Å². The van der Waals surface area contributed by atoms with Crippen molar-refractivity contribution in [2.45, 2.75) is 0 Å². The van der Waals surface area contributed by atoms with E-state index in [4.69, 9.17) is 4.98 Å². The van der Waals surface area contributed by atoms with Gasteiger partial charge in [0.1, 0.15) is 17.5 Å². The topological polar surface area (TPSA) is 17.8 Å². The highest BCUT2D eigenvalue weighted by atomic mass is 19.1. The van der Waals surface area contributed by atoms with Crippen molar-refractivity contribution < 1.29 is 8.78 Å². The molecule has 2 nitrogen and oxygen atoms in total. The normalized spacial score (nSPS) is 11.5. The number of fused-ring (bicyclic) bond motifs is 6. The van der Waals surface area contributed by atoms with Gasteiger partial charge >= 0.3 is 0 Å². The lowest BCUT2D eigenvalue weighted by molar-refractivity contribution is 0.627. The monoisotopic (exact) mass is 406 g/mol. The number of hydrogen-bond donors (Lipinski definition) is 0. The van der Waals surface area contributed by atoms with Crippen LogP contribution in [-0.4, -0.2) is 9.55 Å². The van der Waals surface area contributed by atoms with Gasteiger partial charge < -0.3 is 0 Å². The molecule has 0 N–H and O–H groups in total. The van der Waals surface area contributed by atoms with E-state index in [0.29, 0.717) is 5.82 Å². The highest BCUT2D eigenvalue weighted by Crippen LogP contribution is 2.38. The second-order valence-electron chi connectivity index (χ2n) is 7.54. The molecule has 0 radical (unpaired) electrons. The zero-order valence-corrected chi connectivity index (χ0v) is 16.4. The summed E-state index contributed by atoms with van der Waals surface area (Å²) in [6.45, 7) is 0. The first kappa shape index (κ1) is 17.8. The van der Waals surface area contributed by atoms with Gasteiger partial charge in [-0.15, -0.1) is 0 Å². The second kappa shape index (κ2) is 6.74. The summed E-state index contributed by atoms with van der Waals surface area (Å²) in [6.07, 6.45) is 0. The van der Waals surface area contributed by atoms with Crippen molar-refractivity contribution in [1.82, 2.24) is 9.55 Å². The Hall–Kier alpha value is -4.05. The molecule has 0 spiro atoms. The van der Waals surface area contributed by atoms with Crippen LogP contribution in [0.2, 0.25) is 0 Å². The minimum atomic E-state index is -0.302. The van der Waals surface area contributed by atoms with E-state index in [1.807, 2.05) is 28.8 Å². The molecule has 6 aromatic rings. The van der Waals surface area contributed by atoms with E-state index in [1.165, 1.54) is 24.3 Å². The molecule has 0 saturated heterocycles. The molecule has 0 unspecified atom stereocenters. The second-order valence-corrected chi connectivity index (χ2v) is 7.54. The van der Waals surface area contributed by atoms with Gasteiger partial charge in [-0.2, -0.15) is 0 Å². The third-order valence-corrected chi connectivity index (χ3v) is 5.72. The Morgan fingerprint density at radius 1 is 0.548 bits per heavy atom. The Bertz CT molecular complexity index is 1580. The van der Waals surface area contributed by atoms with Crippen molar-refractivity contribution in [3.8, 4) is 17.1 Å². The Balaban J connectivity index is 1.85. The van der Waals surface area contributed by atoms with Crippen molar-refractivity contribution in [3.63, 3.8) is 0 Å². The van der Waals surface area contributed by atoms with E-state index in [0.717, 1.165) is 43.8 Å². The average Bonchev–Trinajstić information content (AvgIpc) is 3.21. The predicted octanol–water partition coefficient (Wildman–Crippen LogP) is 7.28. The zero-order chi connectivity index (χ0) is 20.9. The molecule has 1 aromatic heterocycles. The largest absolute Gasteiger partial charge is 0.292 e. The van der Waals surface area contributed by atoms with Gasteiger partial charge in [0.15, 0.2) is 0 Å². The van der Waals surface area contributed by atoms with Crippen LogP contribution >= 0.6 is 0 Å². The maximum absolute atomic E-state index is 13.7. The van der Waals surface area contributed by atoms with Crippen molar-refractivity contribution in [3.05, 3.63) is 109 Å². The van der Waals surface area contributed by atoms with Crippen LogP contribution in [0.1, 0.15) is 0 Å². The molecule has 148 valence electrons. The molecule has 0 fully saturated rings. The summed E-state index contributed by atoms with van der Waals surface area (Å²) in [5.41, 5.74) is 3.39. The Morgan fingerprint density at radius 2 is 1.06 bits per heavy atom. The third-order valence-electron chi connectivity index (χ3n) is 5.72. The molecule has 31 heavy (non-hydrogen) atoms. The van der Waals surface area contributed by atoms with Crippen LogP contribution in [0.5, 0.6) is 0 Å². The van der Waals surface area contributed by atoms with Gasteiger partial charge in [0, 0.05) is 22.0 Å². The first-order chi connectivity index (χ1) is 15.2. The molecule has 0 saturated carbocycles. The van der Waals surface area contributed by atoms with E-state index in [9.17, 15) is 8.78 Å². The molecule has 5 aromatic carbocycles. The van der Waals surface area contributed by atoms with Gasteiger partial charge in [0.05, 0.1) is 11.0 Å². The van der Waals surface area contributed by atoms with Gasteiger partial charge in [0.2, 0.25) is 0 Å². The molecule has 1 heterocycles. The van der Waals surface area contributed by atoms with E-state index < -0.39 is 0 Å². The smallest absolute Gasteiger partial charge is 0.145 e. The summed E-state index contributed by atoms with van der Waals surface area (Å²) in [5.74, 6) is 0.0824. The van der Waals surface area contributed by atoms with E-state index >= 15 is 0 Å². The third kappa shape index (κ3) is 2.72. The summed E-state index contributed by atoms with van der Waals surface area (Å²) in [6, 6.07) is 29.1. The SMILES string of the molecule is Fc1ccc(-c2nc3c4ccccc4c4ccccc4c3n2-c2ccc(F)cc2)cc1. The maximum atomic E-state index is 13.7. The molecule has 0 aliphatic rings. The number of imidazole rings is 1. The molecular weight excluding hydrogens is 390 g/mol. The molecule has 0 aliphatic heterocycles. The minimum absolute atomic E-state index is 0.299. The summed E-state index contributed by atoms with van der Waals surface area (Å²) in [7, 11) is 0. The first-order valence-electron chi connectivity index (χ1n) is 10.0. The Kier molecular flexibility index (Phi) is 3.87. The van der Waals surface area contributed by atoms with Crippen molar-refractivity contribution in [1.29, 1.82) is 0 Å². The fourth-order valence-electron chi connectivity index (χ4n) is 4.34.